The average molecular weight is 253 g/mol. The Labute approximate surface area is 101 Å². The van der Waals surface area contributed by atoms with E-state index in [1.54, 1.807) is 0 Å². The highest BCUT2D eigenvalue weighted by molar-refractivity contribution is 8.13. The molecule has 0 spiro atoms. The highest BCUT2D eigenvalue weighted by atomic mass is 32.2. The Bertz CT molecular complexity index is 519. The molecule has 0 atom stereocenters. The minimum atomic E-state index is -0.689. The molecule has 0 heterocycles. The molecule has 1 aromatic carbocycles. The van der Waals surface area contributed by atoms with Crippen molar-refractivity contribution in [1.29, 1.82) is 0 Å². The summed E-state index contributed by atoms with van der Waals surface area (Å²) in [4.78, 5) is 20.5. The van der Waals surface area contributed by atoms with Crippen LogP contribution >= 0.6 is 11.8 Å². The molecule has 0 saturated carbocycles. The number of nitro groups is 1. The molecule has 4 nitrogen and oxygen atoms in total. The van der Waals surface area contributed by atoms with Gasteiger partial charge in [-0.1, -0.05) is 23.6 Å². The third kappa shape index (κ3) is 4.25. The lowest BCUT2D eigenvalue weighted by atomic mass is 10.2. The Morgan fingerprint density at radius 1 is 1.59 bits per heavy atom. The number of rotatable bonds is 2. The van der Waals surface area contributed by atoms with Crippen molar-refractivity contribution in [1.82, 2.24) is 0 Å². The maximum atomic E-state index is 12.8. The van der Waals surface area contributed by atoms with E-state index in [2.05, 4.69) is 11.8 Å². The quantitative estimate of drug-likeness (QED) is 0.461. The molecule has 17 heavy (non-hydrogen) atoms. The molecule has 0 aliphatic heterocycles. The summed E-state index contributed by atoms with van der Waals surface area (Å²) in [6.07, 6.45) is 0. The van der Waals surface area contributed by atoms with Crippen molar-refractivity contribution in [2.45, 2.75) is 6.92 Å². The van der Waals surface area contributed by atoms with Gasteiger partial charge in [-0.2, -0.15) is 0 Å². The first-order valence-electron chi connectivity index (χ1n) is 4.57. The fraction of sp³-hybridized carbons (Fsp3) is 0.182. The number of thioether (sulfide) groups is 1. The highest BCUT2D eigenvalue weighted by Crippen LogP contribution is 2.18. The lowest BCUT2D eigenvalue weighted by molar-refractivity contribution is -0.385. The summed E-state index contributed by atoms with van der Waals surface area (Å²) in [6, 6.07) is 3.18. The molecule has 1 rings (SSSR count). The summed E-state index contributed by atoms with van der Waals surface area (Å²) >= 11 is 1.01. The standard InChI is InChI=1S/C11H8FNO3S/c1-8(14)17-6-2-3-9-4-5-10(12)7-11(9)13(15)16/h4-5,7H,6H2,1H3. The zero-order valence-electron chi connectivity index (χ0n) is 8.90. The third-order valence-electron chi connectivity index (χ3n) is 1.73. The average Bonchev–Trinajstić information content (AvgIpc) is 2.25. The van der Waals surface area contributed by atoms with Crippen LogP contribution < -0.4 is 0 Å². The fourth-order valence-electron chi connectivity index (χ4n) is 1.03. The molecule has 0 amide bonds. The van der Waals surface area contributed by atoms with Crippen LogP contribution in [0.2, 0.25) is 0 Å². The van der Waals surface area contributed by atoms with Gasteiger partial charge >= 0.3 is 0 Å². The lowest BCUT2D eigenvalue weighted by Gasteiger charge is -1.95. The maximum Gasteiger partial charge on any atom is 0.287 e. The van der Waals surface area contributed by atoms with E-state index < -0.39 is 10.7 Å². The number of hydrogen-bond donors (Lipinski definition) is 0. The number of nitro benzene ring substituents is 1. The first-order chi connectivity index (χ1) is 8.00. The Hall–Kier alpha value is -1.87. The Morgan fingerprint density at radius 3 is 2.88 bits per heavy atom. The van der Waals surface area contributed by atoms with Gasteiger partial charge < -0.3 is 0 Å². The second kappa shape index (κ2) is 6.01. The maximum absolute atomic E-state index is 12.8. The van der Waals surface area contributed by atoms with Crippen LogP contribution in [0.3, 0.4) is 0 Å². The Morgan fingerprint density at radius 2 is 2.29 bits per heavy atom. The molecule has 0 radical (unpaired) electrons. The normalized spacial score (nSPS) is 9.29. The van der Waals surface area contributed by atoms with Gasteiger partial charge in [-0.3, -0.25) is 14.9 Å². The molecule has 6 heteroatoms. The molecule has 0 saturated heterocycles. The van der Waals surface area contributed by atoms with Crippen LogP contribution in [0.25, 0.3) is 0 Å². The first kappa shape index (κ1) is 13.2. The summed E-state index contributed by atoms with van der Waals surface area (Å²) in [5, 5.41) is 10.6. The van der Waals surface area contributed by atoms with Gasteiger partial charge in [0.15, 0.2) is 5.12 Å². The number of carbonyl (C=O) groups is 1. The fourth-order valence-corrected chi connectivity index (χ4v) is 1.38. The van der Waals surface area contributed by atoms with Crippen molar-refractivity contribution in [3.63, 3.8) is 0 Å². The molecule has 0 unspecified atom stereocenters. The summed E-state index contributed by atoms with van der Waals surface area (Å²) in [7, 11) is 0. The van der Waals surface area contributed by atoms with E-state index >= 15 is 0 Å². The summed E-state index contributed by atoms with van der Waals surface area (Å²) < 4.78 is 12.8. The molecular weight excluding hydrogens is 245 g/mol. The highest BCUT2D eigenvalue weighted by Gasteiger charge is 2.12. The summed E-state index contributed by atoms with van der Waals surface area (Å²) in [6.45, 7) is 1.41. The third-order valence-corrected chi connectivity index (χ3v) is 2.42. The molecule has 88 valence electrons. The molecule has 1 aromatic rings. The number of nitrogens with zero attached hydrogens (tertiary/aromatic N) is 1. The van der Waals surface area contributed by atoms with Gasteiger partial charge in [-0.15, -0.1) is 0 Å². The van der Waals surface area contributed by atoms with Gasteiger partial charge in [0.25, 0.3) is 5.69 Å². The zero-order chi connectivity index (χ0) is 12.8. The van der Waals surface area contributed by atoms with E-state index in [1.807, 2.05) is 0 Å². The smallest absolute Gasteiger partial charge is 0.287 e. The van der Waals surface area contributed by atoms with Crippen LogP contribution in [0.15, 0.2) is 18.2 Å². The van der Waals surface area contributed by atoms with Crippen LogP contribution in [0.5, 0.6) is 0 Å². The Balaban J connectivity index is 2.90. The molecule has 0 aliphatic carbocycles. The van der Waals surface area contributed by atoms with E-state index in [0.717, 1.165) is 23.9 Å². The van der Waals surface area contributed by atoms with Crippen molar-refractivity contribution in [2.24, 2.45) is 0 Å². The van der Waals surface area contributed by atoms with Crippen molar-refractivity contribution in [2.75, 3.05) is 5.75 Å². The van der Waals surface area contributed by atoms with E-state index in [1.165, 1.54) is 13.0 Å². The van der Waals surface area contributed by atoms with Gasteiger partial charge in [-0.05, 0) is 12.1 Å². The van der Waals surface area contributed by atoms with Crippen molar-refractivity contribution in [3.05, 3.63) is 39.7 Å². The van der Waals surface area contributed by atoms with Gasteiger partial charge in [0.1, 0.15) is 11.4 Å². The summed E-state index contributed by atoms with van der Waals surface area (Å²) in [5.41, 5.74) is -0.231. The van der Waals surface area contributed by atoms with Gasteiger partial charge in [0, 0.05) is 6.92 Å². The number of hydrogen-bond acceptors (Lipinski definition) is 4. The minimum absolute atomic E-state index is 0.0760. The molecule has 0 N–H and O–H groups in total. The van der Waals surface area contributed by atoms with Crippen LogP contribution in [0.4, 0.5) is 10.1 Å². The predicted molar refractivity (Wildman–Crippen MR) is 63.1 cm³/mol. The predicted octanol–water partition coefficient (Wildman–Crippen LogP) is 2.37. The molecular formula is C11H8FNO3S. The van der Waals surface area contributed by atoms with Crippen LogP contribution in [-0.4, -0.2) is 15.8 Å². The number of halogens is 1. The zero-order valence-corrected chi connectivity index (χ0v) is 9.71. The molecule has 0 aromatic heterocycles. The lowest BCUT2D eigenvalue weighted by Crippen LogP contribution is -1.93. The van der Waals surface area contributed by atoms with Crippen molar-refractivity contribution < 1.29 is 14.1 Å². The van der Waals surface area contributed by atoms with E-state index in [0.29, 0.717) is 0 Å². The monoisotopic (exact) mass is 253 g/mol. The number of carbonyl (C=O) groups excluding carboxylic acids is 1. The van der Waals surface area contributed by atoms with Gasteiger partial charge in [0.2, 0.25) is 0 Å². The van der Waals surface area contributed by atoms with Crippen LogP contribution in [0, 0.1) is 27.8 Å². The summed E-state index contributed by atoms with van der Waals surface area (Å²) in [5.74, 6) is 4.73. The Kier molecular flexibility index (Phi) is 4.67. The second-order valence-electron chi connectivity index (χ2n) is 3.00. The van der Waals surface area contributed by atoms with Crippen molar-refractivity contribution in [3.8, 4) is 11.8 Å². The van der Waals surface area contributed by atoms with E-state index in [4.69, 9.17) is 0 Å². The largest absolute Gasteiger partial charge is 0.288 e. The first-order valence-corrected chi connectivity index (χ1v) is 5.55. The minimum Gasteiger partial charge on any atom is -0.288 e. The van der Waals surface area contributed by atoms with E-state index in [9.17, 15) is 19.3 Å². The second-order valence-corrected chi connectivity index (χ2v) is 4.15. The van der Waals surface area contributed by atoms with Gasteiger partial charge in [-0.25, -0.2) is 4.39 Å². The van der Waals surface area contributed by atoms with Gasteiger partial charge in [0.05, 0.1) is 16.7 Å². The van der Waals surface area contributed by atoms with E-state index in [-0.39, 0.29) is 22.1 Å². The van der Waals surface area contributed by atoms with Crippen LogP contribution in [-0.2, 0) is 4.79 Å². The SMILES string of the molecule is CC(=O)SCC#Cc1ccc(F)cc1[N+](=O)[O-]. The van der Waals surface area contributed by atoms with Crippen molar-refractivity contribution >= 4 is 22.6 Å². The molecule has 0 fully saturated rings. The topological polar surface area (TPSA) is 60.2 Å². The molecule has 0 bridgehead atoms. The number of benzene rings is 1. The molecule has 0 aliphatic rings. The van der Waals surface area contributed by atoms with Crippen LogP contribution in [0.1, 0.15) is 12.5 Å².